The largest absolute Gasteiger partial charge is 0.380 e. The van der Waals surface area contributed by atoms with E-state index in [2.05, 4.69) is 25.7 Å². The van der Waals surface area contributed by atoms with Crippen LogP contribution in [-0.4, -0.2) is 26.3 Å². The minimum atomic E-state index is 0.0882. The molecular weight excluding hydrogens is 174 g/mol. The third-order valence-corrected chi connectivity index (χ3v) is 2.75. The summed E-state index contributed by atoms with van der Waals surface area (Å²) in [6.45, 7) is 11.9. The summed E-state index contributed by atoms with van der Waals surface area (Å²) in [6.07, 6.45) is 4.72. The molecule has 1 atom stereocenters. The topological polar surface area (TPSA) is 21.3 Å². The molecule has 0 aromatic rings. The predicted octanol–water partition coefficient (Wildman–Crippen LogP) is 2.21. The lowest BCUT2D eigenvalue weighted by atomic mass is 9.92. The lowest BCUT2D eigenvalue weighted by Crippen LogP contribution is -2.34. The molecule has 14 heavy (non-hydrogen) atoms. The summed E-state index contributed by atoms with van der Waals surface area (Å²) in [5.74, 6) is 0.850. The number of hydrogen-bond acceptors (Lipinski definition) is 2. The Labute approximate surface area is 87.7 Å². The van der Waals surface area contributed by atoms with Crippen LogP contribution in [0.25, 0.3) is 0 Å². The molecule has 0 aromatic heterocycles. The van der Waals surface area contributed by atoms with E-state index in [0.29, 0.717) is 0 Å². The van der Waals surface area contributed by atoms with Crippen molar-refractivity contribution in [2.75, 3.05) is 26.3 Å². The Bertz CT molecular complexity index is 177. The fourth-order valence-electron chi connectivity index (χ4n) is 1.34. The molecule has 0 bridgehead atoms. The van der Waals surface area contributed by atoms with E-state index in [0.717, 1.165) is 32.2 Å². The minimum absolute atomic E-state index is 0.0882. The lowest BCUT2D eigenvalue weighted by Gasteiger charge is -2.25. The van der Waals surface area contributed by atoms with Gasteiger partial charge in [-0.3, -0.25) is 0 Å². The molecular formula is C12H23NO. The molecule has 0 amide bonds. The first kappa shape index (κ1) is 11.7. The number of ether oxygens (including phenoxy) is 1. The molecule has 2 heteroatoms. The first-order chi connectivity index (χ1) is 6.70. The standard InChI is InChI=1S/C12H23NO/c1-4-12(3,9-13-5-2)10-14-8-11-6-7-11/h4,11,13H,1,5-10H2,2-3H3. The molecule has 1 aliphatic rings. The Morgan fingerprint density at radius 1 is 1.57 bits per heavy atom. The number of hydrogen-bond donors (Lipinski definition) is 1. The molecule has 1 unspecified atom stereocenters. The van der Waals surface area contributed by atoms with Crippen LogP contribution in [0.2, 0.25) is 0 Å². The second kappa shape index (κ2) is 5.52. The highest BCUT2D eigenvalue weighted by Crippen LogP contribution is 2.29. The molecule has 1 N–H and O–H groups in total. The Morgan fingerprint density at radius 3 is 2.79 bits per heavy atom. The zero-order valence-corrected chi connectivity index (χ0v) is 9.51. The third kappa shape index (κ3) is 4.25. The van der Waals surface area contributed by atoms with E-state index in [1.807, 2.05) is 6.08 Å². The molecule has 0 saturated heterocycles. The van der Waals surface area contributed by atoms with Crippen LogP contribution in [0, 0.1) is 11.3 Å². The fourth-order valence-corrected chi connectivity index (χ4v) is 1.34. The van der Waals surface area contributed by atoms with Crippen LogP contribution in [0.4, 0.5) is 0 Å². The van der Waals surface area contributed by atoms with Crippen molar-refractivity contribution in [1.29, 1.82) is 0 Å². The van der Waals surface area contributed by atoms with Gasteiger partial charge in [0.25, 0.3) is 0 Å². The van der Waals surface area contributed by atoms with Gasteiger partial charge in [0.05, 0.1) is 6.61 Å². The summed E-state index contributed by atoms with van der Waals surface area (Å²) in [5.41, 5.74) is 0.0882. The van der Waals surface area contributed by atoms with Gasteiger partial charge in [-0.2, -0.15) is 0 Å². The van der Waals surface area contributed by atoms with Crippen LogP contribution >= 0.6 is 0 Å². The number of nitrogens with one attached hydrogen (secondary N) is 1. The highest BCUT2D eigenvalue weighted by Gasteiger charge is 2.24. The normalized spacial score (nSPS) is 20.4. The fraction of sp³-hybridized carbons (Fsp3) is 0.833. The second-order valence-corrected chi connectivity index (χ2v) is 4.60. The van der Waals surface area contributed by atoms with Crippen molar-refractivity contribution in [2.24, 2.45) is 11.3 Å². The Morgan fingerprint density at radius 2 is 2.29 bits per heavy atom. The monoisotopic (exact) mass is 197 g/mol. The molecule has 0 aliphatic heterocycles. The van der Waals surface area contributed by atoms with Crippen molar-refractivity contribution >= 4 is 0 Å². The summed E-state index contributed by atoms with van der Waals surface area (Å²) >= 11 is 0. The van der Waals surface area contributed by atoms with Gasteiger partial charge in [0, 0.05) is 18.6 Å². The van der Waals surface area contributed by atoms with Gasteiger partial charge in [0.15, 0.2) is 0 Å². The first-order valence-corrected chi connectivity index (χ1v) is 5.62. The Kier molecular flexibility index (Phi) is 4.63. The summed E-state index contributed by atoms with van der Waals surface area (Å²) in [6, 6.07) is 0. The van der Waals surface area contributed by atoms with Crippen molar-refractivity contribution in [1.82, 2.24) is 5.32 Å². The van der Waals surface area contributed by atoms with Crippen LogP contribution in [0.3, 0.4) is 0 Å². The van der Waals surface area contributed by atoms with Gasteiger partial charge in [-0.15, -0.1) is 6.58 Å². The average Bonchev–Trinajstić information content (AvgIpc) is 2.99. The molecule has 82 valence electrons. The van der Waals surface area contributed by atoms with Crippen LogP contribution in [-0.2, 0) is 4.74 Å². The maximum atomic E-state index is 5.70. The van der Waals surface area contributed by atoms with E-state index in [-0.39, 0.29) is 5.41 Å². The first-order valence-electron chi connectivity index (χ1n) is 5.62. The zero-order chi connectivity index (χ0) is 10.4. The summed E-state index contributed by atoms with van der Waals surface area (Å²) in [5, 5.41) is 3.34. The minimum Gasteiger partial charge on any atom is -0.380 e. The molecule has 0 heterocycles. The van der Waals surface area contributed by atoms with Crippen LogP contribution in [0.5, 0.6) is 0 Å². The van der Waals surface area contributed by atoms with Crippen LogP contribution in [0.15, 0.2) is 12.7 Å². The molecule has 0 aromatic carbocycles. The molecule has 1 fully saturated rings. The molecule has 1 saturated carbocycles. The molecule has 1 rings (SSSR count). The van der Waals surface area contributed by atoms with Gasteiger partial charge in [0.2, 0.25) is 0 Å². The van der Waals surface area contributed by atoms with E-state index in [1.54, 1.807) is 0 Å². The highest BCUT2D eigenvalue weighted by atomic mass is 16.5. The predicted molar refractivity (Wildman–Crippen MR) is 60.4 cm³/mol. The van der Waals surface area contributed by atoms with Crippen molar-refractivity contribution in [3.63, 3.8) is 0 Å². The highest BCUT2D eigenvalue weighted by molar-refractivity contribution is 4.93. The molecule has 1 aliphatic carbocycles. The summed E-state index contributed by atoms with van der Waals surface area (Å²) in [7, 11) is 0. The van der Waals surface area contributed by atoms with Crippen molar-refractivity contribution < 1.29 is 4.74 Å². The van der Waals surface area contributed by atoms with E-state index >= 15 is 0 Å². The molecule has 0 spiro atoms. The van der Waals surface area contributed by atoms with E-state index in [1.165, 1.54) is 12.8 Å². The maximum Gasteiger partial charge on any atom is 0.0566 e. The Hall–Kier alpha value is -0.340. The van der Waals surface area contributed by atoms with Gasteiger partial charge in [-0.05, 0) is 25.3 Å². The zero-order valence-electron chi connectivity index (χ0n) is 9.51. The van der Waals surface area contributed by atoms with Crippen molar-refractivity contribution in [2.45, 2.75) is 26.7 Å². The third-order valence-electron chi connectivity index (χ3n) is 2.75. The molecule has 0 radical (unpaired) electrons. The van der Waals surface area contributed by atoms with Crippen molar-refractivity contribution in [3.05, 3.63) is 12.7 Å². The van der Waals surface area contributed by atoms with E-state index in [9.17, 15) is 0 Å². The lowest BCUT2D eigenvalue weighted by molar-refractivity contribution is 0.0689. The average molecular weight is 197 g/mol. The quantitative estimate of drug-likeness (QED) is 0.602. The van der Waals surface area contributed by atoms with E-state index < -0.39 is 0 Å². The number of rotatable bonds is 8. The summed E-state index contributed by atoms with van der Waals surface area (Å²) in [4.78, 5) is 0. The Balaban J connectivity index is 2.16. The van der Waals surface area contributed by atoms with E-state index in [4.69, 9.17) is 4.74 Å². The van der Waals surface area contributed by atoms with Crippen LogP contribution < -0.4 is 5.32 Å². The van der Waals surface area contributed by atoms with Gasteiger partial charge < -0.3 is 10.1 Å². The van der Waals surface area contributed by atoms with Gasteiger partial charge in [-0.25, -0.2) is 0 Å². The van der Waals surface area contributed by atoms with Gasteiger partial charge in [0.1, 0.15) is 0 Å². The SMILES string of the molecule is C=CC(C)(CNCC)COCC1CC1. The van der Waals surface area contributed by atoms with Gasteiger partial charge in [-0.1, -0.05) is 19.9 Å². The second-order valence-electron chi connectivity index (χ2n) is 4.60. The van der Waals surface area contributed by atoms with Crippen molar-refractivity contribution in [3.8, 4) is 0 Å². The molecule has 2 nitrogen and oxygen atoms in total. The van der Waals surface area contributed by atoms with Crippen LogP contribution in [0.1, 0.15) is 26.7 Å². The van der Waals surface area contributed by atoms with Gasteiger partial charge >= 0.3 is 0 Å². The summed E-state index contributed by atoms with van der Waals surface area (Å²) < 4.78 is 5.70. The smallest absolute Gasteiger partial charge is 0.0566 e. The maximum absolute atomic E-state index is 5.70.